The van der Waals surface area contributed by atoms with Crippen molar-refractivity contribution in [2.75, 3.05) is 32.6 Å². The van der Waals surface area contributed by atoms with Crippen LogP contribution in [0.2, 0.25) is 0 Å². The van der Waals surface area contributed by atoms with Gasteiger partial charge in [0.15, 0.2) is 0 Å². The highest BCUT2D eigenvalue weighted by atomic mass is 32.2. The minimum atomic E-state index is 0.151. The van der Waals surface area contributed by atoms with E-state index < -0.39 is 0 Å². The van der Waals surface area contributed by atoms with Crippen molar-refractivity contribution in [3.05, 3.63) is 0 Å². The van der Waals surface area contributed by atoms with E-state index in [4.69, 9.17) is 4.74 Å². The van der Waals surface area contributed by atoms with E-state index >= 15 is 0 Å². The molecule has 2 rings (SSSR count). The summed E-state index contributed by atoms with van der Waals surface area (Å²) in [5.74, 6) is 0.151. The average molecular weight is 272 g/mol. The topological polar surface area (TPSA) is 50.4 Å². The third kappa shape index (κ3) is 3.87. The number of rotatable bonds is 5. The maximum absolute atomic E-state index is 11.9. The molecule has 1 saturated heterocycles. The second-order valence-electron chi connectivity index (χ2n) is 5.30. The maximum Gasteiger partial charge on any atom is 0.221 e. The first kappa shape index (κ1) is 14.2. The lowest BCUT2D eigenvalue weighted by Gasteiger charge is -2.28. The largest absolute Gasteiger partial charge is 0.378 e. The van der Waals surface area contributed by atoms with E-state index in [1.165, 1.54) is 25.7 Å². The molecular weight excluding hydrogens is 248 g/mol. The lowest BCUT2D eigenvalue weighted by Crippen LogP contribution is -2.46. The molecule has 5 heteroatoms. The van der Waals surface area contributed by atoms with Gasteiger partial charge in [-0.15, -0.1) is 0 Å². The second-order valence-corrected chi connectivity index (χ2v) is 6.58. The minimum absolute atomic E-state index is 0.151. The summed E-state index contributed by atoms with van der Waals surface area (Å²) in [6.45, 7) is 3.09. The van der Waals surface area contributed by atoms with Crippen molar-refractivity contribution < 1.29 is 9.53 Å². The Hall–Kier alpha value is -0.260. The Morgan fingerprint density at radius 2 is 2.28 bits per heavy atom. The van der Waals surface area contributed by atoms with Crippen LogP contribution in [0.3, 0.4) is 0 Å². The number of thioether (sulfide) groups is 1. The lowest BCUT2D eigenvalue weighted by molar-refractivity contribution is -0.122. The van der Waals surface area contributed by atoms with Gasteiger partial charge in [-0.2, -0.15) is 11.8 Å². The van der Waals surface area contributed by atoms with E-state index in [0.29, 0.717) is 17.8 Å². The third-order valence-corrected chi connectivity index (χ3v) is 5.40. The summed E-state index contributed by atoms with van der Waals surface area (Å²) in [6, 6.07) is 0.188. The fourth-order valence-electron chi connectivity index (χ4n) is 2.78. The monoisotopic (exact) mass is 272 g/mol. The second kappa shape index (κ2) is 6.78. The Morgan fingerprint density at radius 3 is 2.89 bits per heavy atom. The number of amides is 1. The minimum Gasteiger partial charge on any atom is -0.378 e. The molecule has 0 aromatic carbocycles. The predicted octanol–water partition coefficient (Wildman–Crippen LogP) is 1.16. The number of carbonyl (C=O) groups is 1. The van der Waals surface area contributed by atoms with Crippen molar-refractivity contribution in [1.29, 1.82) is 0 Å². The lowest BCUT2D eigenvalue weighted by atomic mass is 10.1. The summed E-state index contributed by atoms with van der Waals surface area (Å²) in [7, 11) is 0. The van der Waals surface area contributed by atoms with Gasteiger partial charge in [0, 0.05) is 30.3 Å². The first-order chi connectivity index (χ1) is 8.74. The Kier molecular flexibility index (Phi) is 5.33. The highest BCUT2D eigenvalue weighted by Crippen LogP contribution is 2.39. The SMILES string of the molecule is CSC1(CNC(=O)CC2COCCN2)CCCC1. The average Bonchev–Trinajstić information content (AvgIpc) is 2.87. The molecular formula is C13H24N2O2S. The molecule has 18 heavy (non-hydrogen) atoms. The quantitative estimate of drug-likeness (QED) is 0.788. The van der Waals surface area contributed by atoms with Crippen LogP contribution in [-0.2, 0) is 9.53 Å². The Morgan fingerprint density at radius 1 is 1.50 bits per heavy atom. The fraction of sp³-hybridized carbons (Fsp3) is 0.923. The third-order valence-electron chi connectivity index (χ3n) is 3.99. The van der Waals surface area contributed by atoms with E-state index in [1.54, 1.807) is 0 Å². The molecule has 1 heterocycles. The highest BCUT2D eigenvalue weighted by Gasteiger charge is 2.33. The fourth-order valence-corrected chi connectivity index (χ4v) is 3.69. The zero-order chi connectivity index (χ0) is 12.8. The van der Waals surface area contributed by atoms with E-state index in [9.17, 15) is 4.79 Å². The van der Waals surface area contributed by atoms with Gasteiger partial charge in [0.2, 0.25) is 5.91 Å². The molecule has 2 fully saturated rings. The molecule has 0 spiro atoms. The molecule has 1 unspecified atom stereocenters. The van der Waals surface area contributed by atoms with E-state index in [0.717, 1.165) is 19.7 Å². The first-order valence-corrected chi connectivity index (χ1v) is 8.10. The van der Waals surface area contributed by atoms with Crippen molar-refractivity contribution in [3.63, 3.8) is 0 Å². The molecule has 1 aliphatic carbocycles. The van der Waals surface area contributed by atoms with Gasteiger partial charge in [-0.05, 0) is 19.1 Å². The predicted molar refractivity (Wildman–Crippen MR) is 75.0 cm³/mol. The Labute approximate surface area is 114 Å². The molecule has 2 aliphatic rings. The number of morpholine rings is 1. The smallest absolute Gasteiger partial charge is 0.221 e. The van der Waals surface area contributed by atoms with Crippen LogP contribution in [0.5, 0.6) is 0 Å². The maximum atomic E-state index is 11.9. The molecule has 0 aromatic rings. The summed E-state index contributed by atoms with van der Waals surface area (Å²) in [6.07, 6.45) is 7.76. The molecule has 0 aromatic heterocycles. The van der Waals surface area contributed by atoms with Gasteiger partial charge in [-0.1, -0.05) is 12.8 Å². The van der Waals surface area contributed by atoms with Crippen molar-refractivity contribution in [2.24, 2.45) is 0 Å². The van der Waals surface area contributed by atoms with Gasteiger partial charge in [0.25, 0.3) is 0 Å². The highest BCUT2D eigenvalue weighted by molar-refractivity contribution is 8.00. The van der Waals surface area contributed by atoms with Crippen LogP contribution < -0.4 is 10.6 Å². The standard InChI is InChI=1S/C13H24N2O2S/c1-18-13(4-2-3-5-13)10-15-12(16)8-11-9-17-7-6-14-11/h11,14H,2-10H2,1H3,(H,15,16). The zero-order valence-electron chi connectivity index (χ0n) is 11.2. The van der Waals surface area contributed by atoms with Gasteiger partial charge in [-0.3, -0.25) is 4.79 Å². The van der Waals surface area contributed by atoms with Gasteiger partial charge in [-0.25, -0.2) is 0 Å². The normalized spacial score (nSPS) is 27.1. The van der Waals surface area contributed by atoms with Crippen molar-refractivity contribution in [3.8, 4) is 0 Å². The Bertz CT molecular complexity index is 274. The van der Waals surface area contributed by atoms with Crippen LogP contribution in [0.4, 0.5) is 0 Å². The van der Waals surface area contributed by atoms with Gasteiger partial charge < -0.3 is 15.4 Å². The van der Waals surface area contributed by atoms with E-state index in [-0.39, 0.29) is 11.9 Å². The molecule has 1 amide bonds. The van der Waals surface area contributed by atoms with Crippen molar-refractivity contribution in [2.45, 2.75) is 42.9 Å². The first-order valence-electron chi connectivity index (χ1n) is 6.87. The number of hydrogen-bond donors (Lipinski definition) is 2. The number of ether oxygens (including phenoxy) is 1. The van der Waals surface area contributed by atoms with Crippen LogP contribution in [0.25, 0.3) is 0 Å². The molecule has 0 radical (unpaired) electrons. The molecule has 104 valence electrons. The molecule has 1 aliphatic heterocycles. The van der Waals surface area contributed by atoms with Crippen LogP contribution in [0.15, 0.2) is 0 Å². The van der Waals surface area contributed by atoms with Crippen LogP contribution in [0, 0.1) is 0 Å². The van der Waals surface area contributed by atoms with Crippen molar-refractivity contribution in [1.82, 2.24) is 10.6 Å². The molecule has 1 atom stereocenters. The number of hydrogen-bond acceptors (Lipinski definition) is 4. The van der Waals surface area contributed by atoms with E-state index in [1.807, 2.05) is 11.8 Å². The van der Waals surface area contributed by atoms with Gasteiger partial charge >= 0.3 is 0 Å². The molecule has 1 saturated carbocycles. The summed E-state index contributed by atoms with van der Waals surface area (Å²) in [5.41, 5.74) is 0. The zero-order valence-corrected chi connectivity index (χ0v) is 12.0. The molecule has 4 nitrogen and oxygen atoms in total. The van der Waals surface area contributed by atoms with Crippen molar-refractivity contribution >= 4 is 17.7 Å². The van der Waals surface area contributed by atoms with Gasteiger partial charge in [0.1, 0.15) is 0 Å². The number of carbonyl (C=O) groups excluding carboxylic acids is 1. The summed E-state index contributed by atoms with van der Waals surface area (Å²) < 4.78 is 5.65. The van der Waals surface area contributed by atoms with E-state index in [2.05, 4.69) is 16.9 Å². The number of nitrogens with one attached hydrogen (secondary N) is 2. The van der Waals surface area contributed by atoms with Gasteiger partial charge in [0.05, 0.1) is 13.2 Å². The molecule has 0 bridgehead atoms. The summed E-state index contributed by atoms with van der Waals surface area (Å²) >= 11 is 1.91. The van der Waals surface area contributed by atoms with Crippen LogP contribution in [-0.4, -0.2) is 49.3 Å². The van der Waals surface area contributed by atoms with Crippen LogP contribution in [0.1, 0.15) is 32.1 Å². The molecule has 2 N–H and O–H groups in total. The summed E-state index contributed by atoms with van der Waals surface area (Å²) in [4.78, 5) is 11.9. The summed E-state index contributed by atoms with van der Waals surface area (Å²) in [5, 5.41) is 6.42. The Balaban J connectivity index is 1.70. The van der Waals surface area contributed by atoms with Crippen LogP contribution >= 0.6 is 11.8 Å².